The Kier molecular flexibility index (Phi) is 4.73. The van der Waals surface area contributed by atoms with Crippen molar-refractivity contribution in [1.82, 2.24) is 20.4 Å². The van der Waals surface area contributed by atoms with E-state index in [2.05, 4.69) is 51.7 Å². The van der Waals surface area contributed by atoms with Crippen LogP contribution < -0.4 is 5.32 Å². The highest BCUT2D eigenvalue weighted by Gasteiger charge is 2.31. The number of piperazine rings is 1. The van der Waals surface area contributed by atoms with E-state index < -0.39 is 0 Å². The average Bonchev–Trinajstić information content (AvgIpc) is 3.14. The van der Waals surface area contributed by atoms with Crippen LogP contribution in [-0.2, 0) is 6.42 Å². The number of rotatable bonds is 2. The van der Waals surface area contributed by atoms with Gasteiger partial charge in [0, 0.05) is 24.5 Å². The maximum atomic E-state index is 5.54. The molecule has 22 heavy (non-hydrogen) atoms. The number of nitrogens with zero attached hydrogens (tertiary/aromatic N) is 3. The predicted molar refractivity (Wildman–Crippen MR) is 88.5 cm³/mol. The molecule has 1 saturated heterocycles. The fourth-order valence-electron chi connectivity index (χ4n) is 2.93. The number of benzene rings is 1. The van der Waals surface area contributed by atoms with E-state index in [0.29, 0.717) is 0 Å². The number of hydrogen-bond acceptors (Lipinski definition) is 6. The number of hydrogen-bond donors (Lipinski definition) is 1. The number of likely N-dealkylation sites (N-methyl/N-ethyl adjacent to an activating group) is 1. The quantitative estimate of drug-likeness (QED) is 0.907. The summed E-state index contributed by atoms with van der Waals surface area (Å²) in [5.41, 5.74) is 1.38. The maximum absolute atomic E-state index is 5.54. The van der Waals surface area contributed by atoms with Gasteiger partial charge in [-0.15, -0.1) is 24.2 Å². The molecular weight excluding hydrogens is 320 g/mol. The molecular formula is C15H19ClN4OS. The minimum Gasteiger partial charge on any atom is -0.338 e. The lowest BCUT2D eigenvalue weighted by molar-refractivity contribution is 0.190. The summed E-state index contributed by atoms with van der Waals surface area (Å²) in [5, 5.41) is 7.86. The van der Waals surface area contributed by atoms with Crippen LogP contribution >= 0.6 is 24.2 Å². The second-order valence-corrected chi connectivity index (χ2v) is 6.85. The minimum absolute atomic E-state index is 0. The Labute approximate surface area is 140 Å². The Balaban J connectivity index is 0.00000144. The molecule has 2 aliphatic heterocycles. The molecule has 1 aromatic carbocycles. The summed E-state index contributed by atoms with van der Waals surface area (Å²) < 4.78 is 5.54. The van der Waals surface area contributed by atoms with Crippen LogP contribution in [0.5, 0.6) is 0 Å². The number of nitrogens with one attached hydrogen (secondary N) is 1. The van der Waals surface area contributed by atoms with Crippen molar-refractivity contribution >= 4 is 24.2 Å². The Morgan fingerprint density at radius 2 is 2.23 bits per heavy atom. The zero-order chi connectivity index (χ0) is 14.2. The molecule has 1 fully saturated rings. The Bertz CT molecular complexity index is 625. The standard InChI is InChI=1S/C15H18N4OS.ClH/c1-19-7-6-16-9-11(19)14-17-15(20-18-14)13-8-10-4-2-3-5-12(10)21-13;/h2-5,11,13,16H,6-9H2,1H3;1H. The normalized spacial score (nSPS) is 24.8. The summed E-state index contributed by atoms with van der Waals surface area (Å²) in [6.45, 7) is 2.91. The van der Waals surface area contributed by atoms with Crippen molar-refractivity contribution in [2.24, 2.45) is 0 Å². The van der Waals surface area contributed by atoms with Crippen molar-refractivity contribution in [2.75, 3.05) is 26.7 Å². The average molecular weight is 339 g/mol. The number of fused-ring (bicyclic) bond motifs is 1. The summed E-state index contributed by atoms with van der Waals surface area (Å²) in [7, 11) is 2.11. The highest BCUT2D eigenvalue weighted by molar-refractivity contribution is 7.99. The van der Waals surface area contributed by atoms with Crippen molar-refractivity contribution in [1.29, 1.82) is 0 Å². The summed E-state index contributed by atoms with van der Waals surface area (Å²) in [6, 6.07) is 8.72. The van der Waals surface area contributed by atoms with Crippen LogP contribution in [0, 0.1) is 0 Å². The molecule has 1 aromatic heterocycles. The Hall–Kier alpha value is -1.08. The van der Waals surface area contributed by atoms with E-state index in [1.165, 1.54) is 10.5 Å². The summed E-state index contributed by atoms with van der Waals surface area (Å²) >= 11 is 1.82. The molecule has 3 heterocycles. The molecule has 2 aliphatic rings. The third kappa shape index (κ3) is 2.88. The Morgan fingerprint density at radius 3 is 3.05 bits per heavy atom. The molecule has 0 amide bonds. The van der Waals surface area contributed by atoms with Crippen molar-refractivity contribution in [3.63, 3.8) is 0 Å². The van der Waals surface area contributed by atoms with Gasteiger partial charge in [-0.1, -0.05) is 23.4 Å². The van der Waals surface area contributed by atoms with Gasteiger partial charge in [0.1, 0.15) is 0 Å². The van der Waals surface area contributed by atoms with Crippen LogP contribution in [0.4, 0.5) is 0 Å². The maximum Gasteiger partial charge on any atom is 0.240 e. The second-order valence-electron chi connectivity index (χ2n) is 5.61. The molecule has 0 aliphatic carbocycles. The molecule has 5 nitrogen and oxygen atoms in total. The van der Waals surface area contributed by atoms with Crippen LogP contribution in [0.1, 0.15) is 28.6 Å². The van der Waals surface area contributed by atoms with Gasteiger partial charge in [0.15, 0.2) is 5.82 Å². The van der Waals surface area contributed by atoms with Crippen molar-refractivity contribution < 1.29 is 4.52 Å². The third-order valence-corrected chi connectivity index (χ3v) is 5.49. The lowest BCUT2D eigenvalue weighted by atomic mass is 10.1. The van der Waals surface area contributed by atoms with Gasteiger partial charge in [0.25, 0.3) is 0 Å². The van der Waals surface area contributed by atoms with Crippen molar-refractivity contribution in [2.45, 2.75) is 22.6 Å². The third-order valence-electron chi connectivity index (χ3n) is 4.19. The molecule has 0 spiro atoms. The van der Waals surface area contributed by atoms with E-state index in [1.54, 1.807) is 0 Å². The van der Waals surface area contributed by atoms with E-state index in [1.807, 2.05) is 11.8 Å². The molecule has 2 aromatic rings. The fraction of sp³-hybridized carbons (Fsp3) is 0.467. The van der Waals surface area contributed by atoms with Gasteiger partial charge in [-0.2, -0.15) is 4.98 Å². The Morgan fingerprint density at radius 1 is 1.36 bits per heavy atom. The molecule has 4 rings (SSSR count). The summed E-state index contributed by atoms with van der Waals surface area (Å²) in [5.74, 6) is 1.56. The summed E-state index contributed by atoms with van der Waals surface area (Å²) in [6.07, 6.45) is 0.973. The lowest BCUT2D eigenvalue weighted by Gasteiger charge is -2.30. The van der Waals surface area contributed by atoms with E-state index in [4.69, 9.17) is 4.52 Å². The van der Waals surface area contributed by atoms with Crippen molar-refractivity contribution in [3.8, 4) is 0 Å². The monoisotopic (exact) mass is 338 g/mol. The molecule has 1 N–H and O–H groups in total. The van der Waals surface area contributed by atoms with E-state index in [-0.39, 0.29) is 23.7 Å². The van der Waals surface area contributed by atoms with Gasteiger partial charge in [-0.3, -0.25) is 4.90 Å². The number of aromatic nitrogens is 2. The van der Waals surface area contributed by atoms with Gasteiger partial charge in [0.2, 0.25) is 5.89 Å². The highest BCUT2D eigenvalue weighted by atomic mass is 35.5. The van der Waals surface area contributed by atoms with Crippen LogP contribution in [0.15, 0.2) is 33.7 Å². The predicted octanol–water partition coefficient (Wildman–Crippen LogP) is 2.46. The molecule has 7 heteroatoms. The fourth-order valence-corrected chi connectivity index (χ4v) is 4.15. The first kappa shape index (κ1) is 15.8. The number of thioether (sulfide) groups is 1. The largest absolute Gasteiger partial charge is 0.338 e. The van der Waals surface area contributed by atoms with E-state index in [9.17, 15) is 0 Å². The molecule has 0 radical (unpaired) electrons. The van der Waals surface area contributed by atoms with Crippen LogP contribution in [0.2, 0.25) is 0 Å². The smallest absolute Gasteiger partial charge is 0.240 e. The van der Waals surface area contributed by atoms with Crippen molar-refractivity contribution in [3.05, 3.63) is 41.5 Å². The molecule has 118 valence electrons. The zero-order valence-corrected chi connectivity index (χ0v) is 14.0. The van der Waals surface area contributed by atoms with E-state index in [0.717, 1.165) is 37.8 Å². The topological polar surface area (TPSA) is 54.2 Å². The first-order valence-corrected chi connectivity index (χ1v) is 8.18. The lowest BCUT2D eigenvalue weighted by Crippen LogP contribution is -2.44. The SMILES string of the molecule is CN1CCNCC1c1noc(C2Cc3ccccc3S2)n1.Cl. The summed E-state index contributed by atoms with van der Waals surface area (Å²) in [4.78, 5) is 8.28. The molecule has 2 atom stereocenters. The van der Waals surface area contributed by atoms with Gasteiger partial charge < -0.3 is 9.84 Å². The first-order chi connectivity index (χ1) is 10.3. The highest BCUT2D eigenvalue weighted by Crippen LogP contribution is 2.45. The van der Waals surface area contributed by atoms with E-state index >= 15 is 0 Å². The van der Waals surface area contributed by atoms with Crippen LogP contribution in [0.3, 0.4) is 0 Å². The zero-order valence-electron chi connectivity index (χ0n) is 12.4. The minimum atomic E-state index is 0. The van der Waals surface area contributed by atoms with Gasteiger partial charge >= 0.3 is 0 Å². The second kappa shape index (κ2) is 6.58. The van der Waals surface area contributed by atoms with Gasteiger partial charge in [-0.25, -0.2) is 0 Å². The molecule has 2 unspecified atom stereocenters. The first-order valence-electron chi connectivity index (χ1n) is 7.30. The molecule has 0 saturated carbocycles. The molecule has 0 bridgehead atoms. The van der Waals surface area contributed by atoms with Crippen LogP contribution in [0.25, 0.3) is 0 Å². The van der Waals surface area contributed by atoms with Gasteiger partial charge in [-0.05, 0) is 25.1 Å². The van der Waals surface area contributed by atoms with Gasteiger partial charge in [0.05, 0.1) is 11.3 Å². The van der Waals surface area contributed by atoms with Crippen LogP contribution in [-0.4, -0.2) is 41.7 Å². The number of halogens is 1.